The summed E-state index contributed by atoms with van der Waals surface area (Å²) in [6.45, 7) is 1.10. The molecule has 0 spiro atoms. The molecule has 1 aliphatic rings. The first-order valence-corrected chi connectivity index (χ1v) is 5.15. The van der Waals surface area contributed by atoms with Crippen LogP contribution in [0.1, 0.15) is 6.92 Å². The van der Waals surface area contributed by atoms with Crippen LogP contribution in [0.25, 0.3) is 0 Å². The van der Waals surface area contributed by atoms with Gasteiger partial charge >= 0.3 is 12.0 Å². The summed E-state index contributed by atoms with van der Waals surface area (Å²) in [5.74, 6) is -1.35. The molecule has 4 unspecified atom stereocenters. The fourth-order valence-corrected chi connectivity index (χ4v) is 1.55. The highest BCUT2D eigenvalue weighted by atomic mass is 16.4. The van der Waals surface area contributed by atoms with E-state index >= 15 is 0 Å². The van der Waals surface area contributed by atoms with Gasteiger partial charge in [-0.2, -0.15) is 0 Å². The average molecular weight is 248 g/mol. The Hall–Kier alpha value is -1.38. The number of aliphatic carboxylic acids is 1. The SMILES string of the molecule is CC(O)C(NC(=O)N1CC(O)C(O)C1)C(=O)O. The van der Waals surface area contributed by atoms with E-state index in [1.807, 2.05) is 0 Å². The fraction of sp³-hybridized carbons (Fsp3) is 0.778. The number of aliphatic hydroxyl groups excluding tert-OH is 3. The highest BCUT2D eigenvalue weighted by Gasteiger charge is 2.35. The number of carboxylic acids is 1. The Labute approximate surface area is 97.5 Å². The van der Waals surface area contributed by atoms with Crippen LogP contribution in [0.5, 0.6) is 0 Å². The van der Waals surface area contributed by atoms with Crippen LogP contribution in [-0.2, 0) is 4.79 Å². The molecule has 1 rings (SSSR count). The molecule has 17 heavy (non-hydrogen) atoms. The van der Waals surface area contributed by atoms with Gasteiger partial charge < -0.3 is 30.6 Å². The van der Waals surface area contributed by atoms with Crippen LogP contribution in [0.3, 0.4) is 0 Å². The van der Waals surface area contributed by atoms with Gasteiger partial charge in [-0.3, -0.25) is 0 Å². The second kappa shape index (κ2) is 5.30. The lowest BCUT2D eigenvalue weighted by molar-refractivity contribution is -0.141. The Morgan fingerprint density at radius 2 is 1.76 bits per heavy atom. The zero-order valence-electron chi connectivity index (χ0n) is 9.28. The molecule has 4 atom stereocenters. The van der Waals surface area contributed by atoms with E-state index in [4.69, 9.17) is 10.2 Å². The van der Waals surface area contributed by atoms with Gasteiger partial charge in [-0.1, -0.05) is 0 Å². The number of rotatable bonds is 3. The number of aliphatic hydroxyl groups is 3. The summed E-state index contributed by atoms with van der Waals surface area (Å²) >= 11 is 0. The molecule has 0 bridgehead atoms. The first-order chi connectivity index (χ1) is 7.82. The molecule has 2 amide bonds. The normalized spacial score (nSPS) is 27.6. The first-order valence-electron chi connectivity index (χ1n) is 5.15. The molecule has 8 heteroatoms. The Morgan fingerprint density at radius 3 is 2.12 bits per heavy atom. The summed E-state index contributed by atoms with van der Waals surface area (Å²) in [7, 11) is 0. The number of carboxylic acid groups (broad SMARTS) is 1. The predicted molar refractivity (Wildman–Crippen MR) is 55.2 cm³/mol. The predicted octanol–water partition coefficient (Wildman–Crippen LogP) is -2.43. The second-order valence-electron chi connectivity index (χ2n) is 4.05. The van der Waals surface area contributed by atoms with Crippen molar-refractivity contribution < 1.29 is 30.0 Å². The van der Waals surface area contributed by atoms with Crippen LogP contribution < -0.4 is 5.32 Å². The van der Waals surface area contributed by atoms with E-state index < -0.39 is 36.4 Å². The summed E-state index contributed by atoms with van der Waals surface area (Å²) in [6, 6.07) is -2.16. The van der Waals surface area contributed by atoms with Gasteiger partial charge in [0.1, 0.15) is 0 Å². The minimum Gasteiger partial charge on any atom is -0.480 e. The quantitative estimate of drug-likeness (QED) is 0.377. The minimum atomic E-state index is -1.42. The maximum Gasteiger partial charge on any atom is 0.328 e. The third kappa shape index (κ3) is 3.29. The van der Waals surface area contributed by atoms with Gasteiger partial charge in [0, 0.05) is 0 Å². The Balaban J connectivity index is 2.57. The van der Waals surface area contributed by atoms with Crippen LogP contribution in [-0.4, -0.2) is 74.8 Å². The largest absolute Gasteiger partial charge is 0.480 e. The molecule has 1 aliphatic heterocycles. The van der Waals surface area contributed by atoms with Crippen molar-refractivity contribution in [1.29, 1.82) is 0 Å². The molecule has 98 valence electrons. The number of carbonyl (C=O) groups excluding carboxylic acids is 1. The van der Waals surface area contributed by atoms with E-state index in [1.165, 1.54) is 6.92 Å². The lowest BCUT2D eigenvalue weighted by Gasteiger charge is -2.22. The molecule has 0 aromatic carbocycles. The molecular weight excluding hydrogens is 232 g/mol. The van der Waals surface area contributed by atoms with Crippen LogP contribution in [0, 0.1) is 0 Å². The minimum absolute atomic E-state index is 0.0703. The summed E-state index contributed by atoms with van der Waals surface area (Å²) < 4.78 is 0. The summed E-state index contributed by atoms with van der Waals surface area (Å²) in [4.78, 5) is 23.4. The summed E-state index contributed by atoms with van der Waals surface area (Å²) in [6.07, 6.45) is -3.31. The lowest BCUT2D eigenvalue weighted by atomic mass is 10.2. The van der Waals surface area contributed by atoms with Gasteiger partial charge in [0.25, 0.3) is 0 Å². The number of amides is 2. The zero-order chi connectivity index (χ0) is 13.2. The van der Waals surface area contributed by atoms with Gasteiger partial charge in [-0.05, 0) is 6.92 Å². The molecule has 1 heterocycles. The van der Waals surface area contributed by atoms with Gasteiger partial charge in [-0.25, -0.2) is 9.59 Å². The molecular formula is C9H16N2O6. The molecule has 0 aromatic rings. The van der Waals surface area contributed by atoms with Crippen molar-refractivity contribution in [3.63, 3.8) is 0 Å². The van der Waals surface area contributed by atoms with E-state index in [2.05, 4.69) is 5.32 Å². The molecule has 0 aliphatic carbocycles. The highest BCUT2D eigenvalue weighted by molar-refractivity contribution is 5.83. The zero-order valence-corrected chi connectivity index (χ0v) is 9.28. The van der Waals surface area contributed by atoms with E-state index in [1.54, 1.807) is 0 Å². The second-order valence-corrected chi connectivity index (χ2v) is 4.05. The van der Waals surface area contributed by atoms with Crippen molar-refractivity contribution in [1.82, 2.24) is 10.2 Å². The maximum atomic E-state index is 11.6. The van der Waals surface area contributed by atoms with Gasteiger partial charge in [0.05, 0.1) is 31.4 Å². The summed E-state index contributed by atoms with van der Waals surface area (Å²) in [5.41, 5.74) is 0. The number of β-amino-alcohol motifs (C(OH)–C–C–N with tert-alkyl or cyclic N) is 2. The van der Waals surface area contributed by atoms with Crippen molar-refractivity contribution in [2.24, 2.45) is 0 Å². The number of carbonyl (C=O) groups is 2. The number of urea groups is 1. The van der Waals surface area contributed by atoms with E-state index in [0.717, 1.165) is 4.90 Å². The number of hydrogen-bond acceptors (Lipinski definition) is 5. The van der Waals surface area contributed by atoms with Crippen LogP contribution in [0.4, 0.5) is 4.79 Å². The monoisotopic (exact) mass is 248 g/mol. The van der Waals surface area contributed by atoms with Crippen LogP contribution in [0.2, 0.25) is 0 Å². The smallest absolute Gasteiger partial charge is 0.328 e. The molecule has 0 aromatic heterocycles. The van der Waals surface area contributed by atoms with E-state index in [-0.39, 0.29) is 13.1 Å². The van der Waals surface area contributed by atoms with Gasteiger partial charge in [0.2, 0.25) is 0 Å². The lowest BCUT2D eigenvalue weighted by Crippen LogP contribution is -2.52. The van der Waals surface area contributed by atoms with Crippen molar-refractivity contribution in [3.8, 4) is 0 Å². The Morgan fingerprint density at radius 1 is 1.29 bits per heavy atom. The molecule has 0 saturated carbocycles. The third-order valence-electron chi connectivity index (χ3n) is 2.57. The van der Waals surface area contributed by atoms with Crippen molar-refractivity contribution in [2.75, 3.05) is 13.1 Å². The van der Waals surface area contributed by atoms with Crippen molar-refractivity contribution in [2.45, 2.75) is 31.3 Å². The van der Waals surface area contributed by atoms with Gasteiger partial charge in [0.15, 0.2) is 6.04 Å². The van der Waals surface area contributed by atoms with Gasteiger partial charge in [-0.15, -0.1) is 0 Å². The molecule has 8 nitrogen and oxygen atoms in total. The maximum absolute atomic E-state index is 11.6. The highest BCUT2D eigenvalue weighted by Crippen LogP contribution is 2.10. The number of likely N-dealkylation sites (tertiary alicyclic amines) is 1. The standard InChI is InChI=1S/C9H16N2O6/c1-4(12)7(8(15)16)10-9(17)11-2-5(13)6(14)3-11/h4-7,12-14H,2-3H2,1H3,(H,10,17)(H,15,16). The van der Waals surface area contributed by atoms with Crippen LogP contribution >= 0.6 is 0 Å². The molecule has 1 saturated heterocycles. The van der Waals surface area contributed by atoms with E-state index in [0.29, 0.717) is 0 Å². The number of nitrogens with zero attached hydrogens (tertiary/aromatic N) is 1. The number of hydrogen-bond donors (Lipinski definition) is 5. The summed E-state index contributed by atoms with van der Waals surface area (Å²) in [5, 5.41) is 38.5. The molecule has 0 radical (unpaired) electrons. The van der Waals surface area contributed by atoms with E-state index in [9.17, 15) is 19.8 Å². The average Bonchev–Trinajstić information content (AvgIpc) is 2.54. The first kappa shape index (κ1) is 13.7. The Bertz CT molecular complexity index is 298. The molecule has 5 N–H and O–H groups in total. The third-order valence-corrected chi connectivity index (χ3v) is 2.57. The number of nitrogens with one attached hydrogen (secondary N) is 1. The topological polar surface area (TPSA) is 130 Å². The van der Waals surface area contributed by atoms with Crippen molar-refractivity contribution >= 4 is 12.0 Å². The molecule has 1 fully saturated rings. The van der Waals surface area contributed by atoms with Crippen LogP contribution in [0.15, 0.2) is 0 Å². The van der Waals surface area contributed by atoms with Crippen molar-refractivity contribution in [3.05, 3.63) is 0 Å². The fourth-order valence-electron chi connectivity index (χ4n) is 1.55. The Kier molecular flexibility index (Phi) is 4.27.